The Hall–Kier alpha value is -0.870. The number of halogens is 3. The number of ether oxygens (including phenoxy) is 1. The smallest absolute Gasteiger partial charge is 0.128 e. The predicted octanol–water partition coefficient (Wildman–Crippen LogP) is 5.28. The molecule has 1 atom stereocenters. The minimum atomic E-state index is -0.209. The summed E-state index contributed by atoms with van der Waals surface area (Å²) in [4.78, 5) is -0.0623. The highest BCUT2D eigenvalue weighted by molar-refractivity contribution is 9.10. The number of hydrogen-bond acceptors (Lipinski definition) is 1. The summed E-state index contributed by atoms with van der Waals surface area (Å²) in [5.41, 5.74) is 1.76. The van der Waals surface area contributed by atoms with Gasteiger partial charge >= 0.3 is 0 Å². The molecular formula is C15H13Br2FO. The average Bonchev–Trinajstić information content (AvgIpc) is 2.38. The summed E-state index contributed by atoms with van der Waals surface area (Å²) in [7, 11) is 1.64. The maximum atomic E-state index is 13.9. The van der Waals surface area contributed by atoms with Gasteiger partial charge in [0.25, 0.3) is 0 Å². The van der Waals surface area contributed by atoms with E-state index in [1.165, 1.54) is 6.07 Å². The van der Waals surface area contributed by atoms with Gasteiger partial charge in [-0.05, 0) is 36.2 Å². The van der Waals surface area contributed by atoms with Gasteiger partial charge in [-0.3, -0.25) is 0 Å². The van der Waals surface area contributed by atoms with Gasteiger partial charge in [-0.2, -0.15) is 0 Å². The Morgan fingerprint density at radius 2 is 2.00 bits per heavy atom. The fraction of sp³-hybridized carbons (Fsp3) is 0.200. The van der Waals surface area contributed by atoms with Crippen LogP contribution in [0.4, 0.5) is 4.39 Å². The first-order chi connectivity index (χ1) is 9.10. The van der Waals surface area contributed by atoms with E-state index in [-0.39, 0.29) is 10.6 Å². The molecular weight excluding hydrogens is 375 g/mol. The Labute approximate surface area is 129 Å². The Morgan fingerprint density at radius 1 is 1.21 bits per heavy atom. The molecule has 0 aliphatic carbocycles. The van der Waals surface area contributed by atoms with Crippen LogP contribution in [0.5, 0.6) is 5.75 Å². The van der Waals surface area contributed by atoms with Gasteiger partial charge in [0, 0.05) is 14.9 Å². The maximum absolute atomic E-state index is 13.9. The van der Waals surface area contributed by atoms with Crippen molar-refractivity contribution in [3.8, 4) is 5.75 Å². The fourth-order valence-corrected chi connectivity index (χ4v) is 2.95. The molecule has 0 fully saturated rings. The van der Waals surface area contributed by atoms with E-state index in [9.17, 15) is 4.39 Å². The minimum Gasteiger partial charge on any atom is -0.497 e. The average molecular weight is 388 g/mol. The molecule has 0 aliphatic heterocycles. The van der Waals surface area contributed by atoms with Crippen molar-refractivity contribution in [3.05, 3.63) is 63.9 Å². The zero-order valence-electron chi connectivity index (χ0n) is 10.4. The van der Waals surface area contributed by atoms with Crippen molar-refractivity contribution >= 4 is 31.9 Å². The van der Waals surface area contributed by atoms with Gasteiger partial charge in [0.15, 0.2) is 0 Å². The van der Waals surface area contributed by atoms with Crippen molar-refractivity contribution in [2.75, 3.05) is 7.11 Å². The molecule has 0 heterocycles. The van der Waals surface area contributed by atoms with Gasteiger partial charge in [-0.25, -0.2) is 4.39 Å². The summed E-state index contributed by atoms with van der Waals surface area (Å²) in [5.74, 6) is 0.604. The fourth-order valence-electron chi connectivity index (χ4n) is 1.87. The lowest BCUT2D eigenvalue weighted by Crippen LogP contribution is -1.99. The van der Waals surface area contributed by atoms with Crippen LogP contribution in [0.3, 0.4) is 0 Å². The molecule has 0 saturated heterocycles. The van der Waals surface area contributed by atoms with Crippen LogP contribution >= 0.6 is 31.9 Å². The van der Waals surface area contributed by atoms with Crippen LogP contribution in [0.2, 0.25) is 0 Å². The van der Waals surface area contributed by atoms with Crippen LogP contribution in [0, 0.1) is 5.82 Å². The van der Waals surface area contributed by atoms with Gasteiger partial charge in [-0.1, -0.05) is 50.1 Å². The number of hydrogen-bond donors (Lipinski definition) is 0. The Kier molecular flexibility index (Phi) is 4.99. The summed E-state index contributed by atoms with van der Waals surface area (Å²) in [6.45, 7) is 0. The molecule has 100 valence electrons. The number of methoxy groups -OCH3 is 1. The Morgan fingerprint density at radius 3 is 2.68 bits per heavy atom. The zero-order valence-corrected chi connectivity index (χ0v) is 13.5. The highest BCUT2D eigenvalue weighted by Crippen LogP contribution is 2.31. The van der Waals surface area contributed by atoms with Crippen molar-refractivity contribution in [1.82, 2.24) is 0 Å². The van der Waals surface area contributed by atoms with Crippen LogP contribution < -0.4 is 4.74 Å². The molecule has 0 amide bonds. The molecule has 0 spiro atoms. The maximum Gasteiger partial charge on any atom is 0.128 e. The highest BCUT2D eigenvalue weighted by Gasteiger charge is 2.13. The standard InChI is InChI=1S/C15H13Br2FO/c1-19-12-4-2-3-10(7-12)8-14(17)13-6-5-11(16)9-15(13)18/h2-7,9,14H,8H2,1H3. The van der Waals surface area contributed by atoms with Crippen LogP contribution in [0.25, 0.3) is 0 Å². The van der Waals surface area contributed by atoms with E-state index >= 15 is 0 Å². The first-order valence-electron chi connectivity index (χ1n) is 5.82. The molecule has 0 aromatic heterocycles. The van der Waals surface area contributed by atoms with Crippen LogP contribution in [0.15, 0.2) is 46.9 Å². The topological polar surface area (TPSA) is 9.23 Å². The summed E-state index contributed by atoms with van der Waals surface area (Å²) >= 11 is 6.81. The Bertz CT molecular complexity index is 572. The number of rotatable bonds is 4. The third kappa shape index (κ3) is 3.80. The molecule has 0 bridgehead atoms. The normalized spacial score (nSPS) is 12.2. The summed E-state index contributed by atoms with van der Waals surface area (Å²) < 4.78 is 19.8. The highest BCUT2D eigenvalue weighted by atomic mass is 79.9. The van der Waals surface area contributed by atoms with Gasteiger partial charge in [-0.15, -0.1) is 0 Å². The lowest BCUT2D eigenvalue weighted by atomic mass is 10.0. The first-order valence-corrected chi connectivity index (χ1v) is 7.53. The lowest BCUT2D eigenvalue weighted by molar-refractivity contribution is 0.414. The second-order valence-corrected chi connectivity index (χ2v) is 6.21. The molecule has 1 nitrogen and oxygen atoms in total. The molecule has 1 unspecified atom stereocenters. The van der Waals surface area contributed by atoms with Crippen molar-refractivity contribution in [1.29, 1.82) is 0 Å². The van der Waals surface area contributed by atoms with Crippen molar-refractivity contribution in [2.45, 2.75) is 11.2 Å². The summed E-state index contributed by atoms with van der Waals surface area (Å²) in [5, 5.41) is 0. The summed E-state index contributed by atoms with van der Waals surface area (Å²) in [6, 6.07) is 12.9. The zero-order chi connectivity index (χ0) is 13.8. The molecule has 4 heteroatoms. The van der Waals surface area contributed by atoms with Crippen molar-refractivity contribution in [2.24, 2.45) is 0 Å². The van der Waals surface area contributed by atoms with E-state index in [1.807, 2.05) is 30.3 Å². The van der Waals surface area contributed by atoms with E-state index in [2.05, 4.69) is 31.9 Å². The molecule has 0 radical (unpaired) electrons. The molecule has 0 N–H and O–H groups in total. The van der Waals surface area contributed by atoms with E-state index in [0.29, 0.717) is 12.0 Å². The third-order valence-corrected chi connectivity index (χ3v) is 4.16. The minimum absolute atomic E-state index is 0.0623. The predicted molar refractivity (Wildman–Crippen MR) is 82.5 cm³/mol. The SMILES string of the molecule is COc1cccc(CC(Br)c2ccc(Br)cc2F)c1. The van der Waals surface area contributed by atoms with Crippen LogP contribution in [-0.4, -0.2) is 7.11 Å². The third-order valence-electron chi connectivity index (χ3n) is 2.85. The van der Waals surface area contributed by atoms with Gasteiger partial charge in [0.2, 0.25) is 0 Å². The second-order valence-electron chi connectivity index (χ2n) is 4.19. The van der Waals surface area contributed by atoms with Gasteiger partial charge in [0.1, 0.15) is 11.6 Å². The van der Waals surface area contributed by atoms with E-state index < -0.39 is 0 Å². The molecule has 2 aromatic rings. The molecule has 0 aliphatic rings. The molecule has 2 rings (SSSR count). The molecule has 0 saturated carbocycles. The van der Waals surface area contributed by atoms with Gasteiger partial charge in [0.05, 0.1) is 7.11 Å². The lowest BCUT2D eigenvalue weighted by Gasteiger charge is -2.12. The van der Waals surface area contributed by atoms with Crippen molar-refractivity contribution in [3.63, 3.8) is 0 Å². The van der Waals surface area contributed by atoms with Crippen LogP contribution in [0.1, 0.15) is 16.0 Å². The number of alkyl halides is 1. The van der Waals surface area contributed by atoms with Crippen molar-refractivity contribution < 1.29 is 9.13 Å². The van der Waals surface area contributed by atoms with Gasteiger partial charge < -0.3 is 4.74 Å². The summed E-state index contributed by atoms with van der Waals surface area (Å²) in [6.07, 6.45) is 0.704. The second kappa shape index (κ2) is 6.53. The molecule has 2 aromatic carbocycles. The van der Waals surface area contributed by atoms with Crippen LogP contribution in [-0.2, 0) is 6.42 Å². The van der Waals surface area contributed by atoms with E-state index in [4.69, 9.17) is 4.74 Å². The monoisotopic (exact) mass is 386 g/mol. The van der Waals surface area contributed by atoms with E-state index in [1.54, 1.807) is 13.2 Å². The largest absolute Gasteiger partial charge is 0.497 e. The van der Waals surface area contributed by atoms with E-state index in [0.717, 1.165) is 15.8 Å². The molecule has 19 heavy (non-hydrogen) atoms. The Balaban J connectivity index is 2.17. The number of benzene rings is 2. The first kappa shape index (κ1) is 14.5. The quantitative estimate of drug-likeness (QED) is 0.649.